The number of anilines is 2. The van der Waals surface area contributed by atoms with Crippen molar-refractivity contribution >= 4 is 44.2 Å². The van der Waals surface area contributed by atoms with Gasteiger partial charge in [-0.2, -0.15) is 8.78 Å². The molecule has 2 N–H and O–H groups in total. The number of hydrogen-bond acceptors (Lipinski definition) is 5. The van der Waals surface area contributed by atoms with Crippen molar-refractivity contribution in [1.29, 1.82) is 0 Å². The molecule has 29 heavy (non-hydrogen) atoms. The zero-order chi connectivity index (χ0) is 21.3. The Kier molecular flexibility index (Phi) is 5.69. The van der Waals surface area contributed by atoms with E-state index in [1.807, 2.05) is 0 Å². The topological polar surface area (TPSA) is 80.3 Å². The van der Waals surface area contributed by atoms with Gasteiger partial charge >= 0.3 is 0 Å². The number of halogens is 4. The zero-order valence-electron chi connectivity index (χ0n) is 15.0. The number of rotatable bonds is 5. The monoisotopic (exact) mass is 427 g/mol. The second kappa shape index (κ2) is 8.03. The molecule has 6 nitrogen and oxygen atoms in total. The van der Waals surface area contributed by atoms with Gasteiger partial charge in [0.15, 0.2) is 22.5 Å². The number of fused-ring (bicyclic) bond motifs is 1. The second-order valence-electron chi connectivity index (χ2n) is 5.72. The van der Waals surface area contributed by atoms with Gasteiger partial charge in [-0.15, -0.1) is 0 Å². The molecule has 0 saturated carbocycles. The van der Waals surface area contributed by atoms with Gasteiger partial charge in [-0.05, 0) is 18.2 Å². The maximum Gasteiger partial charge on any atom is 0.261 e. The van der Waals surface area contributed by atoms with E-state index in [9.17, 15) is 27.2 Å². The van der Waals surface area contributed by atoms with E-state index in [4.69, 9.17) is 0 Å². The van der Waals surface area contributed by atoms with Crippen LogP contribution in [-0.4, -0.2) is 23.9 Å². The van der Waals surface area contributed by atoms with Gasteiger partial charge in [-0.1, -0.05) is 18.3 Å². The van der Waals surface area contributed by atoms with Crippen LogP contribution in [0.2, 0.25) is 0 Å². The Morgan fingerprint density at radius 1 is 1.07 bits per heavy atom. The summed E-state index contributed by atoms with van der Waals surface area (Å²) in [5.74, 6) is -10.2. The molecule has 11 heteroatoms. The normalized spacial score (nSPS) is 10.8. The first kappa shape index (κ1) is 20.5. The fourth-order valence-corrected chi connectivity index (χ4v) is 3.37. The van der Waals surface area contributed by atoms with Crippen LogP contribution in [0.3, 0.4) is 0 Å². The van der Waals surface area contributed by atoms with Gasteiger partial charge in [0.25, 0.3) is 5.91 Å². The van der Waals surface area contributed by atoms with Gasteiger partial charge in [0.05, 0.1) is 17.3 Å². The van der Waals surface area contributed by atoms with Crippen LogP contribution in [0, 0.1) is 23.3 Å². The van der Waals surface area contributed by atoms with E-state index in [0.717, 1.165) is 18.4 Å². The fraction of sp³-hybridized carbons (Fsp3) is 0.167. The number of carbonyl (C=O) groups excluding carboxylic acids is 2. The summed E-state index contributed by atoms with van der Waals surface area (Å²) in [6, 6.07) is 4.33. The van der Waals surface area contributed by atoms with Crippen LogP contribution in [0.1, 0.15) is 23.7 Å². The molecule has 0 aliphatic carbocycles. The number of nitrogens with one attached hydrogen (secondary N) is 2. The molecule has 1 heterocycles. The molecular weight excluding hydrogens is 414 g/mol. The van der Waals surface area contributed by atoms with Crippen molar-refractivity contribution in [3.63, 3.8) is 0 Å². The standard InChI is InChI=1S/C18H13F4N3O3S/c1-3-10(26)25-18-24-8-5-4-7(6-9(8)29-18)23-17(27)11-12(19)14(21)16(28-2)15(22)13(11)20/h4-6H,3H2,1-2H3,(H,23,27)(H,24,25,26). The molecular formula is C18H13F4N3O3S. The third-order valence-corrected chi connectivity index (χ3v) is 4.80. The van der Waals surface area contributed by atoms with E-state index in [1.165, 1.54) is 18.2 Å². The summed E-state index contributed by atoms with van der Waals surface area (Å²) in [5, 5.41) is 5.12. The SMILES string of the molecule is CCC(=O)Nc1nc2ccc(NC(=O)c3c(F)c(F)c(OC)c(F)c3F)cc2s1. The Bertz CT molecular complexity index is 1100. The van der Waals surface area contributed by atoms with Crippen LogP contribution in [-0.2, 0) is 4.79 Å². The van der Waals surface area contributed by atoms with Crippen LogP contribution in [0.4, 0.5) is 28.4 Å². The summed E-state index contributed by atoms with van der Waals surface area (Å²) >= 11 is 1.12. The molecule has 0 bridgehead atoms. The summed E-state index contributed by atoms with van der Waals surface area (Å²) in [5.41, 5.74) is -0.797. The number of thiazole rings is 1. The first-order valence-corrected chi connectivity index (χ1v) is 9.00. The molecule has 0 radical (unpaired) electrons. The largest absolute Gasteiger partial charge is 0.491 e. The van der Waals surface area contributed by atoms with E-state index in [-0.39, 0.29) is 18.0 Å². The predicted octanol–water partition coefficient (Wildman–Crippen LogP) is 4.46. The summed E-state index contributed by atoms with van der Waals surface area (Å²) in [7, 11) is 0.835. The van der Waals surface area contributed by atoms with Crippen molar-refractivity contribution in [2.75, 3.05) is 17.7 Å². The lowest BCUT2D eigenvalue weighted by Gasteiger charge is -2.11. The molecule has 2 amide bonds. The number of ether oxygens (including phenoxy) is 1. The van der Waals surface area contributed by atoms with Gasteiger partial charge in [-0.3, -0.25) is 9.59 Å². The smallest absolute Gasteiger partial charge is 0.261 e. The van der Waals surface area contributed by atoms with Gasteiger partial charge in [-0.25, -0.2) is 13.8 Å². The van der Waals surface area contributed by atoms with Crippen LogP contribution in [0.15, 0.2) is 18.2 Å². The van der Waals surface area contributed by atoms with Crippen LogP contribution in [0.5, 0.6) is 5.75 Å². The third-order valence-electron chi connectivity index (χ3n) is 3.87. The molecule has 0 aliphatic rings. The van der Waals surface area contributed by atoms with Gasteiger partial charge < -0.3 is 15.4 Å². The average Bonchev–Trinajstić information content (AvgIpc) is 3.08. The van der Waals surface area contributed by atoms with E-state index in [0.29, 0.717) is 15.3 Å². The number of aromatic nitrogens is 1. The quantitative estimate of drug-likeness (QED) is 0.465. The van der Waals surface area contributed by atoms with Gasteiger partial charge in [0.2, 0.25) is 17.5 Å². The highest BCUT2D eigenvalue weighted by molar-refractivity contribution is 7.22. The minimum Gasteiger partial charge on any atom is -0.491 e. The van der Waals surface area contributed by atoms with Gasteiger partial charge in [0.1, 0.15) is 5.56 Å². The fourth-order valence-electron chi connectivity index (χ4n) is 2.45. The van der Waals surface area contributed by atoms with Crippen LogP contribution >= 0.6 is 11.3 Å². The molecule has 152 valence electrons. The van der Waals surface area contributed by atoms with Crippen molar-refractivity contribution < 1.29 is 31.9 Å². The van der Waals surface area contributed by atoms with Crippen molar-refractivity contribution in [1.82, 2.24) is 4.98 Å². The Labute approximate surface area is 165 Å². The molecule has 3 rings (SSSR count). The van der Waals surface area contributed by atoms with Crippen molar-refractivity contribution in [2.45, 2.75) is 13.3 Å². The average molecular weight is 427 g/mol. The Morgan fingerprint density at radius 2 is 1.72 bits per heavy atom. The first-order chi connectivity index (χ1) is 13.8. The summed E-state index contributed by atoms with van der Waals surface area (Å²) in [4.78, 5) is 27.9. The molecule has 2 aromatic carbocycles. The molecule has 0 spiro atoms. The maximum absolute atomic E-state index is 14.1. The number of carbonyl (C=O) groups is 2. The van der Waals surface area contributed by atoms with E-state index < -0.39 is 40.5 Å². The highest BCUT2D eigenvalue weighted by Gasteiger charge is 2.30. The van der Waals surface area contributed by atoms with Gasteiger partial charge in [0, 0.05) is 12.1 Å². The minimum absolute atomic E-state index is 0.106. The van der Waals surface area contributed by atoms with Crippen LogP contribution in [0.25, 0.3) is 10.2 Å². The highest BCUT2D eigenvalue weighted by Crippen LogP contribution is 2.31. The highest BCUT2D eigenvalue weighted by atomic mass is 32.1. The van der Waals surface area contributed by atoms with Crippen molar-refractivity contribution in [2.24, 2.45) is 0 Å². The lowest BCUT2D eigenvalue weighted by atomic mass is 10.1. The number of benzene rings is 2. The summed E-state index contributed by atoms with van der Waals surface area (Å²) in [6.07, 6.45) is 0.267. The molecule has 3 aromatic rings. The molecule has 0 saturated heterocycles. The summed E-state index contributed by atoms with van der Waals surface area (Å²) in [6.45, 7) is 1.68. The third kappa shape index (κ3) is 3.86. The minimum atomic E-state index is -1.87. The lowest BCUT2D eigenvalue weighted by molar-refractivity contribution is -0.115. The predicted molar refractivity (Wildman–Crippen MR) is 99.3 cm³/mol. The maximum atomic E-state index is 14.1. The second-order valence-corrected chi connectivity index (χ2v) is 6.75. The Morgan fingerprint density at radius 3 is 2.31 bits per heavy atom. The molecule has 0 atom stereocenters. The van der Waals surface area contributed by atoms with Crippen molar-refractivity contribution in [3.05, 3.63) is 47.0 Å². The Hall–Kier alpha value is -3.21. The number of nitrogens with zero attached hydrogens (tertiary/aromatic N) is 1. The number of amides is 2. The molecule has 0 fully saturated rings. The Balaban J connectivity index is 1.91. The van der Waals surface area contributed by atoms with E-state index in [2.05, 4.69) is 20.4 Å². The summed E-state index contributed by atoms with van der Waals surface area (Å²) < 4.78 is 60.6. The zero-order valence-corrected chi connectivity index (χ0v) is 15.8. The first-order valence-electron chi connectivity index (χ1n) is 8.18. The molecule has 0 unspecified atom stereocenters. The number of hydrogen-bond donors (Lipinski definition) is 2. The molecule has 0 aliphatic heterocycles. The van der Waals surface area contributed by atoms with Crippen LogP contribution < -0.4 is 15.4 Å². The van der Waals surface area contributed by atoms with E-state index >= 15 is 0 Å². The van der Waals surface area contributed by atoms with E-state index in [1.54, 1.807) is 6.92 Å². The molecule has 1 aromatic heterocycles. The van der Waals surface area contributed by atoms with Crippen molar-refractivity contribution in [3.8, 4) is 5.75 Å². The lowest BCUT2D eigenvalue weighted by Crippen LogP contribution is -2.18. The number of methoxy groups -OCH3 is 1.